The minimum atomic E-state index is -3.68. The van der Waals surface area contributed by atoms with Gasteiger partial charge in [0.2, 0.25) is 5.91 Å². The molecule has 0 atom stereocenters. The van der Waals surface area contributed by atoms with Crippen LogP contribution in [0.2, 0.25) is 0 Å². The Bertz CT molecular complexity index is 1320. The van der Waals surface area contributed by atoms with Crippen molar-refractivity contribution in [3.63, 3.8) is 0 Å². The lowest BCUT2D eigenvalue weighted by Crippen LogP contribution is -2.32. The van der Waals surface area contributed by atoms with Crippen LogP contribution in [0.3, 0.4) is 0 Å². The molecular weight excluding hydrogens is 461 g/mol. The summed E-state index contributed by atoms with van der Waals surface area (Å²) in [5, 5.41) is 5.42. The number of nitrogens with zero attached hydrogens (tertiary/aromatic N) is 1. The number of fused-ring (bicyclic) bond motifs is 1. The molecule has 1 aliphatic heterocycles. The number of hydrogen-bond acceptors (Lipinski definition) is 4. The van der Waals surface area contributed by atoms with E-state index in [1.807, 2.05) is 18.2 Å². The molecule has 3 aromatic carbocycles. The summed E-state index contributed by atoms with van der Waals surface area (Å²) < 4.78 is 40.5. The second-order valence-electron chi connectivity index (χ2n) is 7.31. The number of carbonyl (C=O) groups is 1. The minimum Gasteiger partial charge on any atom is -0.332 e. The van der Waals surface area contributed by atoms with E-state index >= 15 is 0 Å². The predicted octanol–water partition coefficient (Wildman–Crippen LogP) is 4.10. The molecule has 6 nitrogen and oxygen atoms in total. The summed E-state index contributed by atoms with van der Waals surface area (Å²) in [5.41, 5.74) is 2.91. The molecule has 9 heteroatoms. The van der Waals surface area contributed by atoms with Crippen molar-refractivity contribution in [1.82, 2.24) is 5.32 Å². The van der Waals surface area contributed by atoms with Crippen LogP contribution in [0, 0.1) is 5.82 Å². The highest BCUT2D eigenvalue weighted by Crippen LogP contribution is 2.32. The van der Waals surface area contributed by atoms with Gasteiger partial charge in [-0.15, -0.1) is 0 Å². The smallest absolute Gasteiger partial charge is 0.264 e. The zero-order valence-corrected chi connectivity index (χ0v) is 19.0. The van der Waals surface area contributed by atoms with E-state index in [-0.39, 0.29) is 15.8 Å². The fourth-order valence-corrected chi connectivity index (χ4v) is 5.18. The number of nitrogens with one attached hydrogen (secondary N) is 2. The molecule has 168 valence electrons. The third kappa shape index (κ3) is 5.27. The number of sulfonamides is 1. The van der Waals surface area contributed by atoms with Gasteiger partial charge in [-0.1, -0.05) is 30.3 Å². The van der Waals surface area contributed by atoms with E-state index in [0.29, 0.717) is 29.9 Å². The van der Waals surface area contributed by atoms with Gasteiger partial charge in [0, 0.05) is 18.3 Å². The van der Waals surface area contributed by atoms with Crippen LogP contribution in [0.5, 0.6) is 0 Å². The fraction of sp³-hybridized carbons (Fsp3) is 0.0833. The zero-order valence-electron chi connectivity index (χ0n) is 17.4. The maximum atomic E-state index is 13.1. The Morgan fingerprint density at radius 1 is 1.00 bits per heavy atom. The van der Waals surface area contributed by atoms with Crippen molar-refractivity contribution in [1.29, 1.82) is 0 Å². The summed E-state index contributed by atoms with van der Waals surface area (Å²) in [6.45, 7) is 0.406. The number of para-hydroxylation sites is 1. The van der Waals surface area contributed by atoms with Crippen LogP contribution in [0.4, 0.5) is 15.8 Å². The number of hydrogen-bond donors (Lipinski definition) is 2. The van der Waals surface area contributed by atoms with Crippen molar-refractivity contribution in [3.05, 3.63) is 95.8 Å². The van der Waals surface area contributed by atoms with Gasteiger partial charge >= 0.3 is 0 Å². The molecule has 33 heavy (non-hydrogen) atoms. The van der Waals surface area contributed by atoms with Gasteiger partial charge in [-0.05, 0) is 78.3 Å². The number of halogens is 1. The Hall–Kier alpha value is -3.56. The van der Waals surface area contributed by atoms with E-state index in [0.717, 1.165) is 5.56 Å². The average Bonchev–Trinajstić information content (AvgIpc) is 3.24. The number of benzene rings is 3. The standard InChI is InChI=1S/C24H20FN3O3S2/c25-19-8-5-17(6-9-19)7-14-23(29)27-24(32)26-20-10-12-21(13-11-20)33(30,31)28-16-15-18-3-1-2-4-22(18)28/h1-14H,15-16H2,(H2,26,27,29,32)/b14-7+. The molecule has 0 fully saturated rings. The van der Waals surface area contributed by atoms with Gasteiger partial charge in [0.05, 0.1) is 10.6 Å². The SMILES string of the molecule is O=C(/C=C/c1ccc(F)cc1)NC(=S)Nc1ccc(S(=O)(=O)N2CCc3ccccc32)cc1. The van der Waals surface area contributed by atoms with Gasteiger partial charge in [-0.25, -0.2) is 12.8 Å². The maximum absolute atomic E-state index is 13.1. The third-order valence-electron chi connectivity index (χ3n) is 5.08. The average molecular weight is 482 g/mol. The lowest BCUT2D eigenvalue weighted by atomic mass is 10.2. The molecule has 4 rings (SSSR count). The predicted molar refractivity (Wildman–Crippen MR) is 131 cm³/mol. The number of anilines is 2. The second-order valence-corrected chi connectivity index (χ2v) is 9.58. The molecule has 0 saturated carbocycles. The molecule has 1 amide bonds. The lowest BCUT2D eigenvalue weighted by molar-refractivity contribution is -0.115. The van der Waals surface area contributed by atoms with Crippen molar-refractivity contribution in [2.75, 3.05) is 16.2 Å². The maximum Gasteiger partial charge on any atom is 0.264 e. The summed E-state index contributed by atoms with van der Waals surface area (Å²) in [7, 11) is -3.68. The first-order valence-electron chi connectivity index (χ1n) is 10.1. The van der Waals surface area contributed by atoms with Crippen LogP contribution in [0.15, 0.2) is 83.8 Å². The molecule has 3 aromatic rings. The van der Waals surface area contributed by atoms with Crippen molar-refractivity contribution in [2.45, 2.75) is 11.3 Å². The molecule has 1 heterocycles. The Morgan fingerprint density at radius 2 is 1.70 bits per heavy atom. The van der Waals surface area contributed by atoms with Crippen molar-refractivity contribution in [2.24, 2.45) is 0 Å². The van der Waals surface area contributed by atoms with E-state index in [1.54, 1.807) is 30.3 Å². The van der Waals surface area contributed by atoms with Gasteiger partial charge in [0.1, 0.15) is 5.82 Å². The first-order chi connectivity index (χ1) is 15.8. The Labute approximate surface area is 196 Å². The van der Waals surface area contributed by atoms with Gasteiger partial charge in [0.25, 0.3) is 10.0 Å². The number of rotatable bonds is 5. The summed E-state index contributed by atoms with van der Waals surface area (Å²) in [6, 6.07) is 19.3. The summed E-state index contributed by atoms with van der Waals surface area (Å²) in [6.07, 6.45) is 3.50. The Kier molecular flexibility index (Phi) is 6.52. The molecule has 0 saturated heterocycles. The largest absolute Gasteiger partial charge is 0.332 e. The van der Waals surface area contributed by atoms with E-state index in [1.165, 1.54) is 40.7 Å². The van der Waals surface area contributed by atoms with Crippen LogP contribution >= 0.6 is 12.2 Å². The molecule has 0 radical (unpaired) electrons. The number of thiocarbonyl (C=S) groups is 1. The molecule has 0 unspecified atom stereocenters. The first-order valence-corrected chi connectivity index (χ1v) is 11.9. The highest BCUT2D eigenvalue weighted by atomic mass is 32.2. The third-order valence-corrected chi connectivity index (χ3v) is 7.11. The molecular formula is C24H20FN3O3S2. The quantitative estimate of drug-likeness (QED) is 0.424. The highest BCUT2D eigenvalue weighted by molar-refractivity contribution is 7.92. The molecule has 0 spiro atoms. The molecule has 2 N–H and O–H groups in total. The topological polar surface area (TPSA) is 78.5 Å². The monoisotopic (exact) mass is 481 g/mol. The van der Waals surface area contributed by atoms with Gasteiger partial charge < -0.3 is 5.32 Å². The van der Waals surface area contributed by atoms with Gasteiger partial charge in [-0.3, -0.25) is 14.4 Å². The van der Waals surface area contributed by atoms with Crippen molar-refractivity contribution < 1.29 is 17.6 Å². The second kappa shape index (κ2) is 9.51. The molecule has 0 aliphatic carbocycles. The number of carbonyl (C=O) groups excluding carboxylic acids is 1. The van der Waals surface area contributed by atoms with E-state index in [9.17, 15) is 17.6 Å². The Morgan fingerprint density at radius 3 is 2.42 bits per heavy atom. The van der Waals surface area contributed by atoms with Crippen LogP contribution < -0.4 is 14.9 Å². The zero-order chi connectivity index (χ0) is 23.4. The summed E-state index contributed by atoms with van der Waals surface area (Å²) in [5.74, 6) is -0.810. The van der Waals surface area contributed by atoms with Crippen LogP contribution in [-0.4, -0.2) is 26.0 Å². The molecule has 1 aliphatic rings. The van der Waals surface area contributed by atoms with E-state index in [4.69, 9.17) is 12.2 Å². The van der Waals surface area contributed by atoms with Crippen LogP contribution in [0.1, 0.15) is 11.1 Å². The van der Waals surface area contributed by atoms with E-state index < -0.39 is 15.9 Å². The highest BCUT2D eigenvalue weighted by Gasteiger charge is 2.30. The van der Waals surface area contributed by atoms with Crippen molar-refractivity contribution in [3.8, 4) is 0 Å². The summed E-state index contributed by atoms with van der Waals surface area (Å²) >= 11 is 5.14. The first kappa shape index (κ1) is 22.6. The fourth-order valence-electron chi connectivity index (χ4n) is 3.46. The molecule has 0 bridgehead atoms. The summed E-state index contributed by atoms with van der Waals surface area (Å²) in [4.78, 5) is 12.2. The minimum absolute atomic E-state index is 0.0628. The molecule has 0 aromatic heterocycles. The van der Waals surface area contributed by atoms with Crippen LogP contribution in [0.25, 0.3) is 6.08 Å². The Balaban J connectivity index is 1.37. The normalized spacial score (nSPS) is 13.1. The van der Waals surface area contributed by atoms with E-state index in [2.05, 4.69) is 10.6 Å². The van der Waals surface area contributed by atoms with Crippen molar-refractivity contribution >= 4 is 50.7 Å². The number of amides is 1. The van der Waals surface area contributed by atoms with Gasteiger partial charge in [0.15, 0.2) is 5.11 Å². The van der Waals surface area contributed by atoms with Crippen LogP contribution in [-0.2, 0) is 21.2 Å². The lowest BCUT2D eigenvalue weighted by Gasteiger charge is -2.19. The van der Waals surface area contributed by atoms with Gasteiger partial charge in [-0.2, -0.15) is 0 Å².